The Balaban J connectivity index is 2.01. The van der Waals surface area contributed by atoms with Crippen LogP contribution in [0.25, 0.3) is 5.83 Å². The maximum atomic E-state index is 14.2. The van der Waals surface area contributed by atoms with Crippen molar-refractivity contribution in [3.63, 3.8) is 0 Å². The van der Waals surface area contributed by atoms with Gasteiger partial charge in [-0.15, -0.1) is 0 Å². The Labute approximate surface area is 165 Å². The number of hydrogen-bond donors (Lipinski definition) is 0. The molecule has 2 aromatic rings. The molecule has 2 aromatic carbocycles. The number of aryl methyl sites for hydroxylation is 2. The third kappa shape index (κ3) is 6.22. The van der Waals surface area contributed by atoms with E-state index in [0.717, 1.165) is 24.8 Å². The lowest BCUT2D eigenvalue weighted by molar-refractivity contribution is 0.542. The summed E-state index contributed by atoms with van der Waals surface area (Å²) in [4.78, 5) is 0. The average molecular weight is 392 g/mol. The molecule has 0 N–H and O–H groups in total. The molecule has 0 amide bonds. The van der Waals surface area contributed by atoms with Crippen LogP contribution < -0.4 is 0 Å². The van der Waals surface area contributed by atoms with Gasteiger partial charge in [-0.1, -0.05) is 51.0 Å². The van der Waals surface area contributed by atoms with E-state index in [1.807, 2.05) is 0 Å². The fourth-order valence-corrected chi connectivity index (χ4v) is 3.18. The fourth-order valence-electron chi connectivity index (χ4n) is 3.18. The molecule has 2 rings (SSSR count). The highest BCUT2D eigenvalue weighted by Crippen LogP contribution is 2.25. The van der Waals surface area contributed by atoms with Gasteiger partial charge in [-0.25, -0.2) is 17.6 Å². The fraction of sp³-hybridized carbons (Fsp3) is 0.417. The highest BCUT2D eigenvalue weighted by molar-refractivity contribution is 5.61. The van der Waals surface area contributed by atoms with Crippen molar-refractivity contribution in [3.8, 4) is 0 Å². The Hall–Kier alpha value is -2.10. The summed E-state index contributed by atoms with van der Waals surface area (Å²) in [5.41, 5.74) is 1.87. The second-order valence-corrected chi connectivity index (χ2v) is 7.16. The first-order valence-corrected chi connectivity index (χ1v) is 10.1. The lowest BCUT2D eigenvalue weighted by atomic mass is 9.99. The summed E-state index contributed by atoms with van der Waals surface area (Å²) < 4.78 is 56.0. The molecule has 28 heavy (non-hydrogen) atoms. The lowest BCUT2D eigenvalue weighted by Gasteiger charge is -2.09. The van der Waals surface area contributed by atoms with E-state index in [0.29, 0.717) is 31.2 Å². The third-order valence-corrected chi connectivity index (χ3v) is 4.85. The summed E-state index contributed by atoms with van der Waals surface area (Å²) in [5.74, 6) is -2.53. The number of benzene rings is 2. The molecular weight excluding hydrogens is 364 g/mol. The van der Waals surface area contributed by atoms with E-state index in [2.05, 4.69) is 6.92 Å². The van der Waals surface area contributed by atoms with Gasteiger partial charge in [0, 0.05) is 17.5 Å². The van der Waals surface area contributed by atoms with Gasteiger partial charge in [-0.3, -0.25) is 0 Å². The summed E-state index contributed by atoms with van der Waals surface area (Å²) in [6.45, 7) is 3.84. The number of hydrogen-bond acceptors (Lipinski definition) is 0. The van der Waals surface area contributed by atoms with Crippen LogP contribution in [0.15, 0.2) is 42.2 Å². The number of halogens is 4. The lowest BCUT2D eigenvalue weighted by Crippen LogP contribution is -2.00. The third-order valence-electron chi connectivity index (χ3n) is 4.85. The Morgan fingerprint density at radius 1 is 0.750 bits per heavy atom. The van der Waals surface area contributed by atoms with E-state index in [4.69, 9.17) is 0 Å². The molecule has 0 unspecified atom stereocenters. The van der Waals surface area contributed by atoms with Crippen molar-refractivity contribution in [1.29, 1.82) is 0 Å². The molecule has 0 atom stereocenters. The van der Waals surface area contributed by atoms with E-state index < -0.39 is 23.3 Å². The van der Waals surface area contributed by atoms with Crippen molar-refractivity contribution in [1.82, 2.24) is 0 Å². The summed E-state index contributed by atoms with van der Waals surface area (Å²) in [6.07, 6.45) is 4.82. The largest absolute Gasteiger partial charge is 0.209 e. The van der Waals surface area contributed by atoms with Crippen LogP contribution >= 0.6 is 0 Å². The molecule has 4 heteroatoms. The first kappa shape index (κ1) is 22.2. The second-order valence-electron chi connectivity index (χ2n) is 7.16. The van der Waals surface area contributed by atoms with Gasteiger partial charge in [0.2, 0.25) is 0 Å². The predicted molar refractivity (Wildman–Crippen MR) is 107 cm³/mol. The first-order chi connectivity index (χ1) is 13.5. The zero-order valence-electron chi connectivity index (χ0n) is 16.6. The molecular formula is C24H28F4. The minimum atomic E-state index is -0.823. The Bertz CT molecular complexity index is 768. The Morgan fingerprint density at radius 2 is 1.36 bits per heavy atom. The molecule has 0 nitrogen and oxygen atoms in total. The number of allylic oxidation sites excluding steroid dienone is 1. The monoisotopic (exact) mass is 392 g/mol. The van der Waals surface area contributed by atoms with Crippen molar-refractivity contribution < 1.29 is 17.6 Å². The van der Waals surface area contributed by atoms with Crippen LogP contribution in [-0.4, -0.2) is 0 Å². The first-order valence-electron chi connectivity index (χ1n) is 10.1. The topological polar surface area (TPSA) is 0 Å². The molecule has 0 saturated carbocycles. The molecule has 0 aliphatic rings. The van der Waals surface area contributed by atoms with E-state index in [1.165, 1.54) is 24.3 Å². The maximum Gasteiger partial charge on any atom is 0.161 e. The van der Waals surface area contributed by atoms with E-state index in [9.17, 15) is 17.6 Å². The summed E-state index contributed by atoms with van der Waals surface area (Å²) in [6, 6.07) is 9.33. The van der Waals surface area contributed by atoms with Crippen LogP contribution in [0.2, 0.25) is 0 Å². The van der Waals surface area contributed by atoms with Gasteiger partial charge < -0.3 is 0 Å². The molecule has 152 valence electrons. The second kappa shape index (κ2) is 11.0. The van der Waals surface area contributed by atoms with Gasteiger partial charge in [0.1, 0.15) is 17.5 Å². The van der Waals surface area contributed by atoms with Crippen molar-refractivity contribution in [2.24, 2.45) is 0 Å². The number of rotatable bonds is 10. The van der Waals surface area contributed by atoms with E-state index in [-0.39, 0.29) is 17.5 Å². The van der Waals surface area contributed by atoms with E-state index in [1.54, 1.807) is 19.1 Å². The van der Waals surface area contributed by atoms with Gasteiger partial charge in [0.05, 0.1) is 0 Å². The van der Waals surface area contributed by atoms with Gasteiger partial charge >= 0.3 is 0 Å². The van der Waals surface area contributed by atoms with E-state index >= 15 is 0 Å². The molecule has 0 radical (unpaired) electrons. The Kier molecular flexibility index (Phi) is 8.75. The molecule has 0 spiro atoms. The van der Waals surface area contributed by atoms with Crippen molar-refractivity contribution >= 4 is 5.83 Å². The van der Waals surface area contributed by atoms with Gasteiger partial charge in [0.25, 0.3) is 0 Å². The van der Waals surface area contributed by atoms with Crippen LogP contribution in [-0.2, 0) is 19.3 Å². The minimum Gasteiger partial charge on any atom is -0.209 e. The summed E-state index contributed by atoms with van der Waals surface area (Å²) >= 11 is 0. The van der Waals surface area contributed by atoms with Crippen LogP contribution in [0, 0.1) is 11.6 Å². The quantitative estimate of drug-likeness (QED) is 0.285. The van der Waals surface area contributed by atoms with Gasteiger partial charge in [-0.05, 0) is 55.4 Å². The SMILES string of the molecule is CCCCCc1c(F)cc(CCc2ccc(C(F)=C(F)CCC)cc2)cc1F. The zero-order valence-corrected chi connectivity index (χ0v) is 16.6. The molecule has 0 heterocycles. The Morgan fingerprint density at radius 3 is 1.93 bits per heavy atom. The minimum absolute atomic E-state index is 0.0825. The van der Waals surface area contributed by atoms with Crippen molar-refractivity contribution in [2.75, 3.05) is 0 Å². The van der Waals surface area contributed by atoms with Crippen molar-refractivity contribution in [3.05, 3.63) is 76.1 Å². The van der Waals surface area contributed by atoms with Crippen LogP contribution in [0.4, 0.5) is 17.6 Å². The van der Waals surface area contributed by atoms with Crippen LogP contribution in [0.3, 0.4) is 0 Å². The standard InChI is InChI=1S/C24H28F4/c1-3-5-6-8-20-22(26)15-18(16-23(20)27)10-9-17-11-13-19(14-12-17)24(28)21(25)7-4-2/h11-16H,3-10H2,1-2H3. The van der Waals surface area contributed by atoms with Crippen LogP contribution in [0.5, 0.6) is 0 Å². The van der Waals surface area contributed by atoms with Crippen molar-refractivity contribution in [2.45, 2.75) is 65.2 Å². The molecule has 0 aliphatic carbocycles. The highest BCUT2D eigenvalue weighted by Gasteiger charge is 2.12. The summed E-state index contributed by atoms with van der Waals surface area (Å²) in [7, 11) is 0. The molecule has 0 fully saturated rings. The molecule has 0 aromatic heterocycles. The normalized spacial score (nSPS) is 12.2. The van der Waals surface area contributed by atoms with Gasteiger partial charge in [-0.2, -0.15) is 0 Å². The predicted octanol–water partition coefficient (Wildman–Crippen LogP) is 7.89. The number of unbranched alkanes of at least 4 members (excludes halogenated alkanes) is 2. The highest BCUT2D eigenvalue weighted by atomic mass is 19.2. The molecule has 0 bridgehead atoms. The smallest absolute Gasteiger partial charge is 0.161 e. The molecule has 0 saturated heterocycles. The average Bonchev–Trinajstić information content (AvgIpc) is 2.68. The molecule has 0 aliphatic heterocycles. The van der Waals surface area contributed by atoms with Crippen LogP contribution in [0.1, 0.15) is 68.2 Å². The zero-order chi connectivity index (χ0) is 20.5. The summed E-state index contributed by atoms with van der Waals surface area (Å²) in [5, 5.41) is 0. The van der Waals surface area contributed by atoms with Gasteiger partial charge in [0.15, 0.2) is 5.83 Å². The maximum absolute atomic E-state index is 14.2.